The molecule has 36 heavy (non-hydrogen) atoms. The fraction of sp³-hybridized carbons (Fsp3) is 0.107. The van der Waals surface area contributed by atoms with E-state index in [9.17, 15) is 9.59 Å². The molecule has 0 heterocycles. The molecule has 0 aliphatic rings. The van der Waals surface area contributed by atoms with Gasteiger partial charge in [-0.15, -0.1) is 0 Å². The predicted octanol–water partition coefficient (Wildman–Crippen LogP) is 4.30. The first kappa shape index (κ1) is 25.8. The number of ether oxygens (including phenoxy) is 3. The summed E-state index contributed by atoms with van der Waals surface area (Å²) in [5.41, 5.74) is 4.30. The van der Waals surface area contributed by atoms with Gasteiger partial charge in [0.05, 0.1) is 21.3 Å². The van der Waals surface area contributed by atoms with Crippen LogP contribution in [0.4, 0.5) is 0 Å². The molecule has 0 aliphatic carbocycles. The number of hydrogen-bond donors (Lipinski definition) is 2. The van der Waals surface area contributed by atoms with Gasteiger partial charge in [0.15, 0.2) is 0 Å². The van der Waals surface area contributed by atoms with Gasteiger partial charge in [0.2, 0.25) is 0 Å². The number of hydrazone groups is 1. The zero-order valence-electron chi connectivity index (χ0n) is 20.2. The predicted molar refractivity (Wildman–Crippen MR) is 140 cm³/mol. The Hall–Kier alpha value is -4.85. The minimum atomic E-state index is -0.613. The highest BCUT2D eigenvalue weighted by atomic mass is 16.5. The van der Waals surface area contributed by atoms with Gasteiger partial charge in [-0.1, -0.05) is 36.4 Å². The molecule has 184 valence electrons. The standard InChI is InChI=1S/C28H27N3O5/c1-34-23-13-11-20(12-14-23)8-7-17-29-31-28(33)25(30-27(32)21-9-5-4-6-10-21)19-22-18-24(35-2)15-16-26(22)36-3/h4-19H,1-3H3,(H,30,32)(H,31,33)/b8-7+,25-19-,29-17-. The monoisotopic (exact) mass is 485 g/mol. The average molecular weight is 486 g/mol. The van der Waals surface area contributed by atoms with E-state index in [1.807, 2.05) is 30.3 Å². The molecule has 0 spiro atoms. The molecule has 0 saturated heterocycles. The molecule has 0 atom stereocenters. The quantitative estimate of drug-likeness (QED) is 0.254. The molecule has 0 saturated carbocycles. The van der Waals surface area contributed by atoms with Crippen LogP contribution in [0.2, 0.25) is 0 Å². The second kappa shape index (κ2) is 13.1. The van der Waals surface area contributed by atoms with Crippen molar-refractivity contribution >= 4 is 30.2 Å². The summed E-state index contributed by atoms with van der Waals surface area (Å²) in [6.07, 6.45) is 6.44. The van der Waals surface area contributed by atoms with Crippen molar-refractivity contribution in [2.45, 2.75) is 0 Å². The molecule has 2 amide bonds. The van der Waals surface area contributed by atoms with Gasteiger partial charge in [-0.25, -0.2) is 5.43 Å². The second-order valence-corrected chi connectivity index (χ2v) is 7.34. The largest absolute Gasteiger partial charge is 0.497 e. The van der Waals surface area contributed by atoms with E-state index in [0.717, 1.165) is 11.3 Å². The van der Waals surface area contributed by atoms with E-state index in [2.05, 4.69) is 15.8 Å². The number of allylic oxidation sites excluding steroid dienone is 1. The summed E-state index contributed by atoms with van der Waals surface area (Å²) in [6, 6.07) is 21.2. The maximum atomic E-state index is 13.0. The number of benzene rings is 3. The van der Waals surface area contributed by atoms with Gasteiger partial charge >= 0.3 is 0 Å². The van der Waals surface area contributed by atoms with Crippen LogP contribution in [-0.4, -0.2) is 39.4 Å². The number of methoxy groups -OCH3 is 3. The Bertz CT molecular complexity index is 1270. The zero-order chi connectivity index (χ0) is 25.8. The Kier molecular flexibility index (Phi) is 9.41. The maximum absolute atomic E-state index is 13.0. The number of carbonyl (C=O) groups excluding carboxylic acids is 2. The lowest BCUT2D eigenvalue weighted by Crippen LogP contribution is -2.32. The summed E-state index contributed by atoms with van der Waals surface area (Å²) in [6.45, 7) is 0. The third-order valence-corrected chi connectivity index (χ3v) is 5.00. The molecule has 8 nitrogen and oxygen atoms in total. The summed E-state index contributed by atoms with van der Waals surface area (Å²) in [5.74, 6) is 0.775. The van der Waals surface area contributed by atoms with Crippen molar-refractivity contribution in [1.29, 1.82) is 0 Å². The van der Waals surface area contributed by atoms with E-state index < -0.39 is 11.8 Å². The van der Waals surface area contributed by atoms with Gasteiger partial charge < -0.3 is 19.5 Å². The van der Waals surface area contributed by atoms with Crippen LogP contribution in [0.3, 0.4) is 0 Å². The normalized spacial score (nSPS) is 11.4. The zero-order valence-corrected chi connectivity index (χ0v) is 20.2. The molecule has 2 N–H and O–H groups in total. The number of rotatable bonds is 10. The van der Waals surface area contributed by atoms with E-state index in [1.165, 1.54) is 26.5 Å². The van der Waals surface area contributed by atoms with E-state index in [4.69, 9.17) is 14.2 Å². The molecule has 0 aromatic heterocycles. The fourth-order valence-electron chi connectivity index (χ4n) is 3.12. The molecule has 3 rings (SSSR count). The van der Waals surface area contributed by atoms with Crippen LogP contribution >= 0.6 is 0 Å². The van der Waals surface area contributed by atoms with Crippen LogP contribution in [0.25, 0.3) is 12.2 Å². The lowest BCUT2D eigenvalue weighted by molar-refractivity contribution is -0.117. The number of hydrogen-bond acceptors (Lipinski definition) is 6. The van der Waals surface area contributed by atoms with Gasteiger partial charge in [-0.3, -0.25) is 9.59 Å². The van der Waals surface area contributed by atoms with Crippen LogP contribution in [0.5, 0.6) is 17.2 Å². The van der Waals surface area contributed by atoms with Crippen molar-refractivity contribution in [1.82, 2.24) is 10.7 Å². The number of nitrogens with one attached hydrogen (secondary N) is 2. The first-order chi connectivity index (χ1) is 17.5. The van der Waals surface area contributed by atoms with E-state index in [0.29, 0.717) is 22.6 Å². The molecule has 8 heteroatoms. The van der Waals surface area contributed by atoms with Gasteiger partial charge in [0.25, 0.3) is 11.8 Å². The van der Waals surface area contributed by atoms with Crippen molar-refractivity contribution in [2.24, 2.45) is 5.10 Å². The minimum Gasteiger partial charge on any atom is -0.497 e. The SMILES string of the molecule is COc1ccc(/C=C/C=N\NC(=O)/C(=C/c2cc(OC)ccc2OC)NC(=O)c2ccccc2)cc1. The average Bonchev–Trinajstić information content (AvgIpc) is 2.93. The summed E-state index contributed by atoms with van der Waals surface area (Å²) < 4.78 is 15.8. The number of nitrogens with zero attached hydrogens (tertiary/aromatic N) is 1. The van der Waals surface area contributed by atoms with Gasteiger partial charge in [0.1, 0.15) is 22.9 Å². The third-order valence-electron chi connectivity index (χ3n) is 5.00. The maximum Gasteiger partial charge on any atom is 0.287 e. The van der Waals surface area contributed by atoms with Crippen LogP contribution in [0.1, 0.15) is 21.5 Å². The summed E-state index contributed by atoms with van der Waals surface area (Å²) in [7, 11) is 4.66. The Balaban J connectivity index is 1.80. The first-order valence-electron chi connectivity index (χ1n) is 11.0. The summed E-state index contributed by atoms with van der Waals surface area (Å²) >= 11 is 0. The minimum absolute atomic E-state index is 0.0216. The Labute approximate surface area is 209 Å². The van der Waals surface area contributed by atoms with Gasteiger partial charge in [0, 0.05) is 17.3 Å². The highest BCUT2D eigenvalue weighted by Gasteiger charge is 2.15. The van der Waals surface area contributed by atoms with Crippen molar-refractivity contribution in [3.63, 3.8) is 0 Å². The van der Waals surface area contributed by atoms with Crippen LogP contribution in [-0.2, 0) is 4.79 Å². The smallest absolute Gasteiger partial charge is 0.287 e. The topological polar surface area (TPSA) is 98.2 Å². The van der Waals surface area contributed by atoms with E-state index in [-0.39, 0.29) is 5.70 Å². The molecule has 0 radical (unpaired) electrons. The fourth-order valence-corrected chi connectivity index (χ4v) is 3.12. The van der Waals surface area contributed by atoms with Gasteiger partial charge in [-0.2, -0.15) is 5.10 Å². The molecule has 0 unspecified atom stereocenters. The van der Waals surface area contributed by atoms with Gasteiger partial charge in [-0.05, 0) is 60.2 Å². The molecule has 0 aliphatic heterocycles. The number of amides is 2. The summed E-state index contributed by atoms with van der Waals surface area (Å²) in [4.78, 5) is 25.7. The molecule has 0 fully saturated rings. The first-order valence-corrected chi connectivity index (χ1v) is 11.0. The van der Waals surface area contributed by atoms with Crippen molar-refractivity contribution in [3.8, 4) is 17.2 Å². The molecular formula is C28H27N3O5. The van der Waals surface area contributed by atoms with Crippen LogP contribution < -0.4 is 25.0 Å². The molecule has 0 bridgehead atoms. The Morgan fingerprint density at radius 2 is 1.53 bits per heavy atom. The van der Waals surface area contributed by atoms with Crippen molar-refractivity contribution in [3.05, 3.63) is 101 Å². The lowest BCUT2D eigenvalue weighted by atomic mass is 10.1. The molecule has 3 aromatic carbocycles. The van der Waals surface area contributed by atoms with Crippen LogP contribution in [0.15, 0.2) is 89.7 Å². The van der Waals surface area contributed by atoms with Crippen molar-refractivity contribution < 1.29 is 23.8 Å². The molecule has 3 aromatic rings. The highest BCUT2D eigenvalue weighted by molar-refractivity contribution is 6.05. The number of carbonyl (C=O) groups is 2. The highest BCUT2D eigenvalue weighted by Crippen LogP contribution is 2.26. The Morgan fingerprint density at radius 1 is 0.833 bits per heavy atom. The van der Waals surface area contributed by atoms with E-state index in [1.54, 1.807) is 61.7 Å². The molecular weight excluding hydrogens is 458 g/mol. The second-order valence-electron chi connectivity index (χ2n) is 7.34. The Morgan fingerprint density at radius 3 is 2.19 bits per heavy atom. The third kappa shape index (κ3) is 7.33. The van der Waals surface area contributed by atoms with Crippen LogP contribution in [0, 0.1) is 0 Å². The summed E-state index contributed by atoms with van der Waals surface area (Å²) in [5, 5.41) is 6.61. The lowest BCUT2D eigenvalue weighted by Gasteiger charge is -2.11. The van der Waals surface area contributed by atoms with Crippen molar-refractivity contribution in [2.75, 3.05) is 21.3 Å². The van der Waals surface area contributed by atoms with E-state index >= 15 is 0 Å².